The number of rotatable bonds is 1. The van der Waals surface area contributed by atoms with Gasteiger partial charge in [-0.15, -0.1) is 0 Å². The summed E-state index contributed by atoms with van der Waals surface area (Å²) in [5.74, 6) is 1.57. The lowest BCUT2D eigenvalue weighted by molar-refractivity contribution is 0.621. The van der Waals surface area contributed by atoms with Gasteiger partial charge in [0.1, 0.15) is 17.5 Å². The summed E-state index contributed by atoms with van der Waals surface area (Å²) in [7, 11) is 0. The first kappa shape index (κ1) is 11.1. The van der Waals surface area contributed by atoms with Gasteiger partial charge in [0.2, 0.25) is 0 Å². The maximum atomic E-state index is 13.1. The molecule has 0 aliphatic heterocycles. The third-order valence-corrected chi connectivity index (χ3v) is 2.64. The number of hydrogen-bond acceptors (Lipinski definition) is 3. The van der Waals surface area contributed by atoms with E-state index in [1.807, 2.05) is 0 Å². The summed E-state index contributed by atoms with van der Waals surface area (Å²) in [5.41, 5.74) is 0.766. The molecule has 0 saturated carbocycles. The van der Waals surface area contributed by atoms with Crippen LogP contribution in [0.5, 0.6) is 0 Å². The van der Waals surface area contributed by atoms with Crippen LogP contribution in [-0.2, 0) is 0 Å². The Morgan fingerprint density at radius 3 is 2.25 bits per heavy atom. The Hall–Kier alpha value is -1.36. The first-order valence-corrected chi connectivity index (χ1v) is 5.50. The molecule has 0 aliphatic rings. The van der Waals surface area contributed by atoms with E-state index in [0.29, 0.717) is 21.9 Å². The lowest BCUT2D eigenvalue weighted by atomic mass is 10.2. The van der Waals surface area contributed by atoms with Gasteiger partial charge in [-0.3, -0.25) is 0 Å². The zero-order chi connectivity index (χ0) is 11.7. The Morgan fingerprint density at radius 1 is 1.06 bits per heavy atom. The van der Waals surface area contributed by atoms with Crippen LogP contribution in [0.3, 0.4) is 0 Å². The van der Waals surface area contributed by atoms with Gasteiger partial charge >= 0.3 is 0 Å². The molecule has 0 fully saturated rings. The average Bonchev–Trinajstić information content (AvgIpc) is 2.20. The summed E-state index contributed by atoms with van der Waals surface area (Å²) in [4.78, 5) is 12.5. The molecule has 0 bridgehead atoms. The van der Waals surface area contributed by atoms with E-state index in [4.69, 9.17) is 0 Å². The lowest BCUT2D eigenvalue weighted by Gasteiger charge is -2.03. The molecule has 2 rings (SSSR count). The third kappa shape index (κ3) is 2.24. The summed E-state index contributed by atoms with van der Waals surface area (Å²) < 4.78 is 13.5. The molecule has 82 valence electrons. The van der Waals surface area contributed by atoms with Gasteiger partial charge < -0.3 is 0 Å². The second-order valence-corrected chi connectivity index (χ2v) is 4.24. The van der Waals surface area contributed by atoms with Gasteiger partial charge in [-0.2, -0.15) is 0 Å². The molecule has 0 amide bonds. The molecular weight excluding hydrogens is 273 g/mol. The van der Waals surface area contributed by atoms with Gasteiger partial charge in [-0.25, -0.2) is 19.3 Å². The highest BCUT2D eigenvalue weighted by atomic mass is 79.9. The summed E-state index contributed by atoms with van der Waals surface area (Å²) >= 11 is 3.13. The highest BCUT2D eigenvalue weighted by Crippen LogP contribution is 2.22. The predicted octanol–water partition coefficient (Wildman–Crippen LogP) is 3.06. The van der Waals surface area contributed by atoms with Crippen molar-refractivity contribution in [3.05, 3.63) is 40.1 Å². The van der Waals surface area contributed by atoms with Crippen molar-refractivity contribution in [2.75, 3.05) is 0 Å². The van der Waals surface area contributed by atoms with Gasteiger partial charge in [-0.05, 0) is 48.0 Å². The fraction of sp³-hybridized carbons (Fsp3) is 0.182. The molecule has 1 aromatic heterocycles. The third-order valence-electron chi connectivity index (χ3n) is 2.04. The fourth-order valence-corrected chi connectivity index (χ4v) is 1.76. The molecule has 16 heavy (non-hydrogen) atoms. The van der Waals surface area contributed by atoms with Gasteiger partial charge in [0, 0.05) is 5.56 Å². The fourth-order valence-electron chi connectivity index (χ4n) is 1.38. The highest BCUT2D eigenvalue weighted by molar-refractivity contribution is 9.10. The van der Waals surface area contributed by atoms with Gasteiger partial charge in [0.05, 0.1) is 4.47 Å². The number of nitrogens with zero attached hydrogens (tertiary/aromatic N) is 3. The molecule has 0 N–H and O–H groups in total. The minimum absolute atomic E-state index is 0.300. The van der Waals surface area contributed by atoms with Gasteiger partial charge in [0.15, 0.2) is 5.82 Å². The van der Waals surface area contributed by atoms with E-state index >= 15 is 0 Å². The molecule has 0 atom stereocenters. The summed E-state index contributed by atoms with van der Waals surface area (Å²) in [6.45, 7) is 3.60. The van der Waals surface area contributed by atoms with Crippen LogP contribution in [-0.4, -0.2) is 15.0 Å². The SMILES string of the molecule is Cc1nc(C)nc(-c2ccc(F)c(Br)c2)n1. The molecule has 1 heterocycles. The van der Waals surface area contributed by atoms with Gasteiger partial charge in [0.25, 0.3) is 0 Å². The number of aromatic nitrogens is 3. The topological polar surface area (TPSA) is 38.7 Å². The van der Waals surface area contributed by atoms with Crippen LogP contribution >= 0.6 is 15.9 Å². The minimum atomic E-state index is -0.300. The molecule has 1 aromatic carbocycles. The first-order valence-electron chi connectivity index (χ1n) is 4.71. The van der Waals surface area contributed by atoms with Crippen LogP contribution in [0.15, 0.2) is 22.7 Å². The van der Waals surface area contributed by atoms with Crippen LogP contribution in [0, 0.1) is 19.7 Å². The maximum Gasteiger partial charge on any atom is 0.163 e. The highest BCUT2D eigenvalue weighted by Gasteiger charge is 2.06. The number of hydrogen-bond donors (Lipinski definition) is 0. The average molecular weight is 282 g/mol. The van der Waals surface area contributed by atoms with E-state index < -0.39 is 0 Å². The van der Waals surface area contributed by atoms with Crippen molar-refractivity contribution >= 4 is 15.9 Å². The molecule has 3 nitrogen and oxygen atoms in total. The molecule has 0 unspecified atom stereocenters. The van der Waals surface area contributed by atoms with Gasteiger partial charge in [-0.1, -0.05) is 0 Å². The van der Waals surface area contributed by atoms with Crippen LogP contribution < -0.4 is 0 Å². The predicted molar refractivity (Wildman–Crippen MR) is 62.4 cm³/mol. The second kappa shape index (κ2) is 4.25. The Morgan fingerprint density at radius 2 is 1.69 bits per heavy atom. The monoisotopic (exact) mass is 281 g/mol. The van der Waals surface area contributed by atoms with Crippen molar-refractivity contribution in [1.29, 1.82) is 0 Å². The minimum Gasteiger partial charge on any atom is -0.219 e. The van der Waals surface area contributed by atoms with Crippen LogP contribution in [0.2, 0.25) is 0 Å². The summed E-state index contributed by atoms with van der Waals surface area (Å²) in [5, 5.41) is 0. The van der Waals surface area contributed by atoms with Crippen molar-refractivity contribution in [3.63, 3.8) is 0 Å². The smallest absolute Gasteiger partial charge is 0.163 e. The maximum absolute atomic E-state index is 13.1. The number of halogens is 2. The van der Waals surface area contributed by atoms with E-state index in [1.54, 1.807) is 26.0 Å². The molecule has 0 radical (unpaired) electrons. The molecule has 5 heteroatoms. The molecule has 0 spiro atoms. The normalized spacial score (nSPS) is 10.5. The van der Waals surface area contributed by atoms with E-state index in [0.717, 1.165) is 5.56 Å². The van der Waals surface area contributed by atoms with Crippen molar-refractivity contribution in [3.8, 4) is 11.4 Å². The van der Waals surface area contributed by atoms with Crippen molar-refractivity contribution in [2.24, 2.45) is 0 Å². The van der Waals surface area contributed by atoms with E-state index in [2.05, 4.69) is 30.9 Å². The first-order chi connectivity index (χ1) is 7.56. The molecular formula is C11H9BrFN3. The zero-order valence-corrected chi connectivity index (χ0v) is 10.4. The largest absolute Gasteiger partial charge is 0.219 e. The van der Waals surface area contributed by atoms with E-state index in [1.165, 1.54) is 6.07 Å². The van der Waals surface area contributed by atoms with Crippen LogP contribution in [0.4, 0.5) is 4.39 Å². The van der Waals surface area contributed by atoms with Crippen LogP contribution in [0.1, 0.15) is 11.6 Å². The standard InChI is InChI=1S/C11H9BrFN3/c1-6-14-7(2)16-11(15-6)8-3-4-10(13)9(12)5-8/h3-5H,1-2H3. The van der Waals surface area contributed by atoms with E-state index in [-0.39, 0.29) is 5.82 Å². The molecule has 0 aliphatic carbocycles. The Kier molecular flexibility index (Phi) is 2.96. The summed E-state index contributed by atoms with van der Waals surface area (Å²) in [6, 6.07) is 4.69. The van der Waals surface area contributed by atoms with Crippen LogP contribution in [0.25, 0.3) is 11.4 Å². The number of benzene rings is 1. The molecule has 0 saturated heterocycles. The van der Waals surface area contributed by atoms with Crippen molar-refractivity contribution in [2.45, 2.75) is 13.8 Å². The Labute approximate surface area is 101 Å². The number of aryl methyl sites for hydroxylation is 2. The molecule has 2 aromatic rings. The second-order valence-electron chi connectivity index (χ2n) is 3.38. The van der Waals surface area contributed by atoms with Crippen molar-refractivity contribution in [1.82, 2.24) is 15.0 Å². The lowest BCUT2D eigenvalue weighted by Crippen LogP contribution is -1.98. The Balaban J connectivity index is 2.54. The van der Waals surface area contributed by atoms with Crippen molar-refractivity contribution < 1.29 is 4.39 Å². The summed E-state index contributed by atoms with van der Waals surface area (Å²) in [6.07, 6.45) is 0. The Bertz CT molecular complexity index is 522. The van der Waals surface area contributed by atoms with E-state index in [9.17, 15) is 4.39 Å². The zero-order valence-electron chi connectivity index (χ0n) is 8.83. The quantitative estimate of drug-likeness (QED) is 0.806.